The zero-order chi connectivity index (χ0) is 12.5. The minimum Gasteiger partial charge on any atom is -0.331 e. The predicted octanol–water partition coefficient (Wildman–Crippen LogP) is 2.12. The number of hydrogen-bond donors (Lipinski definition) is 0. The van der Waals surface area contributed by atoms with Crippen LogP contribution in [0.4, 0.5) is 0 Å². The highest BCUT2D eigenvalue weighted by molar-refractivity contribution is 7.90. The van der Waals surface area contributed by atoms with Crippen LogP contribution in [0.1, 0.15) is 6.42 Å². The Morgan fingerprint density at radius 2 is 2.18 bits per heavy atom. The maximum Gasteiger partial charge on any atom is 0.147 e. The van der Waals surface area contributed by atoms with Gasteiger partial charge in [-0.1, -0.05) is 11.6 Å². The van der Waals surface area contributed by atoms with Crippen molar-refractivity contribution in [2.24, 2.45) is 0 Å². The molecule has 0 fully saturated rings. The first-order chi connectivity index (χ1) is 7.96. The molecule has 0 N–H and O–H groups in total. The second kappa shape index (κ2) is 4.66. The summed E-state index contributed by atoms with van der Waals surface area (Å²) < 4.78 is 24.0. The van der Waals surface area contributed by atoms with Crippen molar-refractivity contribution >= 4 is 32.5 Å². The number of imidazole rings is 1. The van der Waals surface area contributed by atoms with E-state index in [1.54, 1.807) is 18.5 Å². The Balaban J connectivity index is 2.14. The van der Waals surface area contributed by atoms with E-state index < -0.39 is 9.84 Å². The first kappa shape index (κ1) is 12.4. The number of aryl methyl sites for hydroxylation is 1. The SMILES string of the molecule is CS(=O)(=O)CCCn1cnc2cc(Cl)ccc21. The van der Waals surface area contributed by atoms with Gasteiger partial charge < -0.3 is 4.57 Å². The van der Waals surface area contributed by atoms with Gasteiger partial charge in [-0.25, -0.2) is 13.4 Å². The molecule has 17 heavy (non-hydrogen) atoms. The Morgan fingerprint density at radius 1 is 1.41 bits per heavy atom. The molecule has 92 valence electrons. The standard InChI is InChI=1S/C11H13ClN2O2S/c1-17(15,16)6-2-5-14-8-13-10-7-9(12)3-4-11(10)14/h3-4,7-8H,2,5-6H2,1H3. The van der Waals surface area contributed by atoms with Gasteiger partial charge in [-0.2, -0.15) is 0 Å². The van der Waals surface area contributed by atoms with Gasteiger partial charge >= 0.3 is 0 Å². The van der Waals surface area contributed by atoms with E-state index in [1.165, 1.54) is 6.26 Å². The molecule has 0 radical (unpaired) electrons. The van der Waals surface area contributed by atoms with Gasteiger partial charge in [0.15, 0.2) is 0 Å². The number of aromatic nitrogens is 2. The molecule has 0 aliphatic heterocycles. The lowest BCUT2D eigenvalue weighted by atomic mass is 10.3. The van der Waals surface area contributed by atoms with E-state index >= 15 is 0 Å². The van der Waals surface area contributed by atoms with Crippen molar-refractivity contribution in [3.05, 3.63) is 29.5 Å². The highest BCUT2D eigenvalue weighted by Gasteiger charge is 2.05. The maximum absolute atomic E-state index is 11.0. The second-order valence-corrected chi connectivity index (χ2v) is 6.75. The van der Waals surface area contributed by atoms with Crippen LogP contribution in [-0.4, -0.2) is 30.0 Å². The van der Waals surface area contributed by atoms with Crippen molar-refractivity contribution in [3.8, 4) is 0 Å². The zero-order valence-corrected chi connectivity index (χ0v) is 11.0. The summed E-state index contributed by atoms with van der Waals surface area (Å²) >= 11 is 5.86. The van der Waals surface area contributed by atoms with E-state index in [-0.39, 0.29) is 5.75 Å². The van der Waals surface area contributed by atoms with Crippen LogP contribution in [0.5, 0.6) is 0 Å². The summed E-state index contributed by atoms with van der Waals surface area (Å²) in [4.78, 5) is 4.22. The fourth-order valence-corrected chi connectivity index (χ4v) is 2.53. The van der Waals surface area contributed by atoms with E-state index in [9.17, 15) is 8.42 Å². The molecule has 0 aliphatic rings. The van der Waals surface area contributed by atoms with Crippen LogP contribution in [0.15, 0.2) is 24.5 Å². The molecule has 6 heteroatoms. The van der Waals surface area contributed by atoms with Gasteiger partial charge in [0.05, 0.1) is 23.1 Å². The van der Waals surface area contributed by atoms with Crippen molar-refractivity contribution in [3.63, 3.8) is 0 Å². The molecule has 1 heterocycles. The molecular formula is C11H13ClN2O2S. The summed E-state index contributed by atoms with van der Waals surface area (Å²) in [6.07, 6.45) is 3.55. The third-order valence-corrected chi connectivity index (χ3v) is 3.76. The van der Waals surface area contributed by atoms with Crippen molar-refractivity contribution in [1.82, 2.24) is 9.55 Å². The first-order valence-electron chi connectivity index (χ1n) is 5.24. The summed E-state index contributed by atoms with van der Waals surface area (Å²) in [5.74, 6) is 0.195. The molecule has 0 spiro atoms. The normalized spacial score (nSPS) is 12.1. The van der Waals surface area contributed by atoms with Gasteiger partial charge in [0.25, 0.3) is 0 Å². The highest BCUT2D eigenvalue weighted by atomic mass is 35.5. The number of sulfone groups is 1. The van der Waals surface area contributed by atoms with Crippen LogP contribution in [0, 0.1) is 0 Å². The molecule has 2 rings (SSSR count). The fourth-order valence-electron chi connectivity index (χ4n) is 1.71. The summed E-state index contributed by atoms with van der Waals surface area (Å²) in [5.41, 5.74) is 1.81. The second-order valence-electron chi connectivity index (χ2n) is 4.05. The van der Waals surface area contributed by atoms with Crippen LogP contribution in [0.2, 0.25) is 5.02 Å². The number of halogens is 1. The minimum absolute atomic E-state index is 0.195. The monoisotopic (exact) mass is 272 g/mol. The molecular weight excluding hydrogens is 260 g/mol. The summed E-state index contributed by atoms with van der Waals surface area (Å²) in [6.45, 7) is 0.644. The fraction of sp³-hybridized carbons (Fsp3) is 0.364. The minimum atomic E-state index is -2.89. The molecule has 1 aromatic heterocycles. The Hall–Kier alpha value is -1.07. The molecule has 4 nitrogen and oxygen atoms in total. The van der Waals surface area contributed by atoms with Crippen molar-refractivity contribution in [2.45, 2.75) is 13.0 Å². The predicted molar refractivity (Wildman–Crippen MR) is 69.1 cm³/mol. The molecule has 0 saturated carbocycles. The average Bonchev–Trinajstić information content (AvgIpc) is 2.59. The number of fused-ring (bicyclic) bond motifs is 1. The molecule has 0 unspecified atom stereocenters. The van der Waals surface area contributed by atoms with Crippen LogP contribution >= 0.6 is 11.6 Å². The van der Waals surface area contributed by atoms with Gasteiger partial charge in [-0.15, -0.1) is 0 Å². The van der Waals surface area contributed by atoms with Gasteiger partial charge in [-0.3, -0.25) is 0 Å². The lowest BCUT2D eigenvalue weighted by molar-refractivity contribution is 0.593. The van der Waals surface area contributed by atoms with E-state index in [1.807, 2.05) is 10.6 Å². The molecule has 0 aliphatic carbocycles. The number of rotatable bonds is 4. The van der Waals surface area contributed by atoms with Gasteiger partial charge in [0.2, 0.25) is 0 Å². The third kappa shape index (κ3) is 3.20. The molecule has 0 bridgehead atoms. The lowest BCUT2D eigenvalue weighted by Crippen LogP contribution is -2.06. The average molecular weight is 273 g/mol. The van der Waals surface area contributed by atoms with Gasteiger partial charge in [-0.05, 0) is 24.6 Å². The van der Waals surface area contributed by atoms with Crippen LogP contribution in [-0.2, 0) is 16.4 Å². The van der Waals surface area contributed by atoms with Crippen LogP contribution in [0.3, 0.4) is 0 Å². The summed E-state index contributed by atoms with van der Waals surface area (Å²) in [6, 6.07) is 5.49. The molecule has 0 amide bonds. The van der Waals surface area contributed by atoms with E-state index in [0.29, 0.717) is 18.0 Å². The lowest BCUT2D eigenvalue weighted by Gasteiger charge is -2.03. The Morgan fingerprint density at radius 3 is 2.88 bits per heavy atom. The van der Waals surface area contributed by atoms with E-state index in [2.05, 4.69) is 4.98 Å². The molecule has 1 aromatic carbocycles. The highest BCUT2D eigenvalue weighted by Crippen LogP contribution is 2.18. The topological polar surface area (TPSA) is 52.0 Å². The third-order valence-electron chi connectivity index (χ3n) is 2.50. The van der Waals surface area contributed by atoms with Crippen LogP contribution in [0.25, 0.3) is 11.0 Å². The number of benzene rings is 1. The van der Waals surface area contributed by atoms with E-state index in [0.717, 1.165) is 11.0 Å². The van der Waals surface area contributed by atoms with Gasteiger partial charge in [0, 0.05) is 17.8 Å². The number of nitrogens with zero attached hydrogens (tertiary/aromatic N) is 2. The summed E-state index contributed by atoms with van der Waals surface area (Å²) in [7, 11) is -2.89. The van der Waals surface area contributed by atoms with E-state index in [4.69, 9.17) is 11.6 Å². The van der Waals surface area contributed by atoms with Crippen molar-refractivity contribution in [1.29, 1.82) is 0 Å². The quantitative estimate of drug-likeness (QED) is 0.857. The van der Waals surface area contributed by atoms with Crippen molar-refractivity contribution < 1.29 is 8.42 Å². The van der Waals surface area contributed by atoms with Gasteiger partial charge in [0.1, 0.15) is 9.84 Å². The largest absolute Gasteiger partial charge is 0.331 e. The summed E-state index contributed by atoms with van der Waals surface area (Å²) in [5, 5.41) is 0.652. The zero-order valence-electron chi connectivity index (χ0n) is 9.43. The smallest absolute Gasteiger partial charge is 0.147 e. The maximum atomic E-state index is 11.0. The van der Waals surface area contributed by atoms with Crippen molar-refractivity contribution in [2.75, 3.05) is 12.0 Å². The molecule has 2 aromatic rings. The Bertz CT molecular complexity index is 634. The van der Waals surface area contributed by atoms with Crippen LogP contribution < -0.4 is 0 Å². The first-order valence-corrected chi connectivity index (χ1v) is 7.68. The Labute approximate surface area is 105 Å². The number of hydrogen-bond acceptors (Lipinski definition) is 3. The molecule has 0 atom stereocenters. The molecule has 0 saturated heterocycles. The Kier molecular flexibility index (Phi) is 3.40.